The molecule has 0 saturated heterocycles. The molecule has 3 N–H and O–H groups in total. The first kappa shape index (κ1) is 19.5. The van der Waals surface area contributed by atoms with E-state index in [1.165, 1.54) is 0 Å². The van der Waals surface area contributed by atoms with Crippen molar-refractivity contribution < 1.29 is 4.79 Å². The number of aromatic nitrogens is 2. The van der Waals surface area contributed by atoms with Crippen molar-refractivity contribution in [3.8, 4) is 11.3 Å². The first-order chi connectivity index (χ1) is 13.3. The number of nitrogens with one attached hydrogen (secondary N) is 1. The molecule has 1 atom stereocenters. The van der Waals surface area contributed by atoms with E-state index in [-0.39, 0.29) is 17.4 Å². The van der Waals surface area contributed by atoms with Gasteiger partial charge in [-0.15, -0.1) is 0 Å². The summed E-state index contributed by atoms with van der Waals surface area (Å²) in [5, 5.41) is 3.16. The average molecular weight is 374 g/mol. The van der Waals surface area contributed by atoms with Crippen LogP contribution in [0.1, 0.15) is 49.2 Å². The van der Waals surface area contributed by atoms with Gasteiger partial charge in [-0.25, -0.2) is 0 Å². The average Bonchev–Trinajstić information content (AvgIpc) is 2.68. The van der Waals surface area contributed by atoms with Gasteiger partial charge in [-0.05, 0) is 47.7 Å². The highest BCUT2D eigenvalue weighted by Gasteiger charge is 2.22. The molecule has 1 amide bonds. The van der Waals surface area contributed by atoms with Gasteiger partial charge in [-0.3, -0.25) is 14.8 Å². The van der Waals surface area contributed by atoms with Gasteiger partial charge in [0, 0.05) is 29.7 Å². The largest absolute Gasteiger partial charge is 0.397 e. The quantitative estimate of drug-likeness (QED) is 0.682. The van der Waals surface area contributed by atoms with Gasteiger partial charge < -0.3 is 11.1 Å². The number of pyridine rings is 2. The van der Waals surface area contributed by atoms with Gasteiger partial charge in [0.25, 0.3) is 5.91 Å². The summed E-state index contributed by atoms with van der Waals surface area (Å²) in [5.74, 6) is -0.112. The lowest BCUT2D eigenvalue weighted by atomic mass is 9.85. The third-order valence-electron chi connectivity index (χ3n) is 4.47. The number of carbonyl (C=O) groups excluding carboxylic acids is 1. The Morgan fingerprint density at radius 3 is 2.39 bits per heavy atom. The monoisotopic (exact) mass is 374 g/mol. The zero-order valence-electron chi connectivity index (χ0n) is 16.5. The van der Waals surface area contributed by atoms with Gasteiger partial charge in [-0.1, -0.05) is 39.0 Å². The number of benzene rings is 1. The van der Waals surface area contributed by atoms with E-state index >= 15 is 0 Å². The molecule has 0 radical (unpaired) electrons. The predicted octanol–water partition coefficient (Wildman–Crippen LogP) is 4.63. The van der Waals surface area contributed by atoms with Crippen molar-refractivity contribution in [2.45, 2.75) is 33.2 Å². The first-order valence-electron chi connectivity index (χ1n) is 9.35. The summed E-state index contributed by atoms with van der Waals surface area (Å²) in [6.07, 6.45) is 6.06. The van der Waals surface area contributed by atoms with Gasteiger partial charge in [0.05, 0.1) is 17.4 Å². The summed E-state index contributed by atoms with van der Waals surface area (Å²) in [6.45, 7) is 6.48. The Bertz CT molecular complexity index is 931. The van der Waals surface area contributed by atoms with Gasteiger partial charge >= 0.3 is 0 Å². The molecule has 0 aliphatic heterocycles. The molecule has 3 aromatic rings. The highest BCUT2D eigenvalue weighted by atomic mass is 16.1. The van der Waals surface area contributed by atoms with Crippen LogP contribution in [0.15, 0.2) is 67.1 Å². The van der Waals surface area contributed by atoms with Crippen molar-refractivity contribution >= 4 is 11.6 Å². The number of rotatable bonds is 5. The fraction of sp³-hybridized carbons (Fsp3) is 0.261. The third-order valence-corrected chi connectivity index (χ3v) is 4.47. The normalized spacial score (nSPS) is 12.4. The van der Waals surface area contributed by atoms with Crippen molar-refractivity contribution in [3.05, 3.63) is 78.2 Å². The Balaban J connectivity index is 1.79. The van der Waals surface area contributed by atoms with E-state index in [4.69, 9.17) is 5.73 Å². The maximum Gasteiger partial charge on any atom is 0.251 e. The molecule has 0 saturated carbocycles. The number of hydrogen-bond acceptors (Lipinski definition) is 4. The molecule has 2 aromatic heterocycles. The molecule has 0 aliphatic carbocycles. The number of nitrogens with zero attached hydrogens (tertiary/aromatic N) is 2. The Morgan fingerprint density at radius 1 is 1.07 bits per heavy atom. The summed E-state index contributed by atoms with van der Waals surface area (Å²) in [6, 6.07) is 14.7. The van der Waals surface area contributed by atoms with Crippen LogP contribution in [0.2, 0.25) is 0 Å². The molecule has 5 heteroatoms. The molecule has 0 fully saturated rings. The van der Waals surface area contributed by atoms with E-state index in [0.717, 1.165) is 23.2 Å². The lowest BCUT2D eigenvalue weighted by Crippen LogP contribution is -2.31. The van der Waals surface area contributed by atoms with Crippen LogP contribution in [0.5, 0.6) is 0 Å². The molecule has 1 aromatic carbocycles. The molecule has 0 spiro atoms. The van der Waals surface area contributed by atoms with Crippen LogP contribution in [0.25, 0.3) is 11.3 Å². The van der Waals surface area contributed by atoms with E-state index in [2.05, 4.69) is 36.1 Å². The molecule has 3 rings (SSSR count). The van der Waals surface area contributed by atoms with Gasteiger partial charge in [0.15, 0.2) is 0 Å². The van der Waals surface area contributed by atoms with Gasteiger partial charge in [0.2, 0.25) is 0 Å². The lowest BCUT2D eigenvalue weighted by Gasteiger charge is -2.27. The number of hydrogen-bond donors (Lipinski definition) is 2. The van der Waals surface area contributed by atoms with Crippen molar-refractivity contribution in [1.29, 1.82) is 0 Å². The van der Waals surface area contributed by atoms with E-state index in [9.17, 15) is 4.79 Å². The summed E-state index contributed by atoms with van der Waals surface area (Å²) in [5.41, 5.74) is 9.87. The maximum absolute atomic E-state index is 12.9. The van der Waals surface area contributed by atoms with Crippen LogP contribution in [-0.4, -0.2) is 15.9 Å². The minimum Gasteiger partial charge on any atom is -0.397 e. The van der Waals surface area contributed by atoms with Gasteiger partial charge in [0.1, 0.15) is 0 Å². The fourth-order valence-electron chi connectivity index (χ4n) is 3.13. The zero-order valence-corrected chi connectivity index (χ0v) is 16.5. The number of anilines is 1. The van der Waals surface area contributed by atoms with Gasteiger partial charge in [-0.2, -0.15) is 0 Å². The van der Waals surface area contributed by atoms with Crippen molar-refractivity contribution in [1.82, 2.24) is 15.3 Å². The van der Waals surface area contributed by atoms with Crippen LogP contribution in [0.3, 0.4) is 0 Å². The van der Waals surface area contributed by atoms with Crippen LogP contribution in [-0.2, 0) is 0 Å². The minimum absolute atomic E-state index is 0.0636. The highest BCUT2D eigenvalue weighted by Crippen LogP contribution is 2.29. The Morgan fingerprint density at radius 2 is 1.79 bits per heavy atom. The van der Waals surface area contributed by atoms with Crippen LogP contribution < -0.4 is 11.1 Å². The zero-order chi connectivity index (χ0) is 20.1. The van der Waals surface area contributed by atoms with E-state index in [0.29, 0.717) is 11.3 Å². The number of amides is 1. The summed E-state index contributed by atoms with van der Waals surface area (Å²) in [4.78, 5) is 21.4. The second kappa shape index (κ2) is 8.21. The van der Waals surface area contributed by atoms with Crippen molar-refractivity contribution in [2.24, 2.45) is 5.41 Å². The molecular formula is C23H26N4O. The van der Waals surface area contributed by atoms with E-state index in [1.807, 2.05) is 36.5 Å². The number of nitrogen functional groups attached to an aromatic ring is 1. The Labute approximate surface area is 166 Å². The molecule has 2 heterocycles. The topological polar surface area (TPSA) is 80.9 Å². The highest BCUT2D eigenvalue weighted by molar-refractivity contribution is 5.95. The lowest BCUT2D eigenvalue weighted by molar-refractivity contribution is 0.0926. The Kier molecular flexibility index (Phi) is 5.73. The molecule has 28 heavy (non-hydrogen) atoms. The summed E-state index contributed by atoms with van der Waals surface area (Å²) in [7, 11) is 0. The maximum atomic E-state index is 12.9. The predicted molar refractivity (Wildman–Crippen MR) is 113 cm³/mol. The SMILES string of the molecule is CC(C)(C)C[C@H](NC(=O)c1ccc(-c2ncccc2N)cc1)c1cccnc1. The second-order valence-electron chi connectivity index (χ2n) is 8.10. The fourth-order valence-corrected chi connectivity index (χ4v) is 3.13. The molecule has 5 nitrogen and oxygen atoms in total. The second-order valence-corrected chi connectivity index (χ2v) is 8.10. The molecular weight excluding hydrogens is 348 g/mol. The molecule has 0 aliphatic rings. The first-order valence-corrected chi connectivity index (χ1v) is 9.35. The molecule has 144 valence electrons. The summed E-state index contributed by atoms with van der Waals surface area (Å²) < 4.78 is 0. The Hall–Kier alpha value is -3.21. The molecule has 0 unspecified atom stereocenters. The van der Waals surface area contributed by atoms with Crippen molar-refractivity contribution in [3.63, 3.8) is 0 Å². The smallest absolute Gasteiger partial charge is 0.251 e. The van der Waals surface area contributed by atoms with E-state index in [1.54, 1.807) is 30.6 Å². The standard InChI is InChI=1S/C23H26N4O/c1-23(2,3)14-20(18-6-4-12-25-15-18)27-22(28)17-10-8-16(9-11-17)21-19(24)7-5-13-26-21/h4-13,15,20H,14,24H2,1-3H3,(H,27,28)/t20-/m0/s1. The van der Waals surface area contributed by atoms with E-state index < -0.39 is 0 Å². The van der Waals surface area contributed by atoms with Crippen LogP contribution in [0, 0.1) is 5.41 Å². The number of nitrogens with two attached hydrogens (primary N) is 1. The third kappa shape index (κ3) is 4.94. The van der Waals surface area contributed by atoms with Crippen LogP contribution in [0.4, 0.5) is 5.69 Å². The van der Waals surface area contributed by atoms with Crippen LogP contribution >= 0.6 is 0 Å². The number of carbonyl (C=O) groups is 1. The minimum atomic E-state index is -0.112. The van der Waals surface area contributed by atoms with Crippen molar-refractivity contribution in [2.75, 3.05) is 5.73 Å². The molecule has 0 bridgehead atoms. The summed E-state index contributed by atoms with van der Waals surface area (Å²) >= 11 is 0.